The number of rotatable bonds is 6. The number of benzene rings is 2. The number of hydrogen-bond acceptors (Lipinski definition) is 3. The van der Waals surface area contributed by atoms with Crippen LogP contribution >= 0.6 is 11.6 Å². The fourth-order valence-corrected chi connectivity index (χ4v) is 2.38. The predicted octanol–water partition coefficient (Wildman–Crippen LogP) is 4.98. The Morgan fingerprint density at radius 1 is 1.32 bits per heavy atom. The average molecular weight is 355 g/mol. The van der Waals surface area contributed by atoms with Crippen molar-refractivity contribution in [1.29, 1.82) is 5.26 Å². The van der Waals surface area contributed by atoms with Crippen molar-refractivity contribution in [3.8, 4) is 11.8 Å². The van der Waals surface area contributed by atoms with Gasteiger partial charge in [-0.05, 0) is 55.3 Å². The molecule has 0 saturated carbocycles. The number of carbonyl (C=O) groups is 1. The number of amides is 1. The average Bonchev–Trinajstić information content (AvgIpc) is 2.58. The van der Waals surface area contributed by atoms with Crippen molar-refractivity contribution in [1.82, 2.24) is 0 Å². The van der Waals surface area contributed by atoms with Gasteiger partial charge in [-0.25, -0.2) is 0 Å². The highest BCUT2D eigenvalue weighted by molar-refractivity contribution is 6.30. The molecule has 0 aromatic heterocycles. The van der Waals surface area contributed by atoms with Crippen LogP contribution in [0.3, 0.4) is 0 Å². The zero-order valence-electron chi connectivity index (χ0n) is 14.2. The largest absolute Gasteiger partial charge is 0.493 e. The Morgan fingerprint density at radius 2 is 2.12 bits per heavy atom. The lowest BCUT2D eigenvalue weighted by atomic mass is 10.1. The molecule has 0 aliphatic rings. The number of ether oxygens (including phenoxy) is 1. The van der Waals surface area contributed by atoms with Crippen molar-refractivity contribution in [3.63, 3.8) is 0 Å². The van der Waals surface area contributed by atoms with Gasteiger partial charge in [-0.2, -0.15) is 5.26 Å². The molecule has 0 radical (unpaired) electrons. The smallest absolute Gasteiger partial charge is 0.266 e. The van der Waals surface area contributed by atoms with E-state index in [0.29, 0.717) is 28.6 Å². The molecule has 5 heteroatoms. The second kappa shape index (κ2) is 8.91. The minimum Gasteiger partial charge on any atom is -0.493 e. The highest BCUT2D eigenvalue weighted by Gasteiger charge is 2.12. The fourth-order valence-electron chi connectivity index (χ4n) is 2.20. The van der Waals surface area contributed by atoms with Gasteiger partial charge in [0.05, 0.1) is 6.61 Å². The molecule has 0 aliphatic heterocycles. The standard InChI is InChI=1S/C20H19ClN2O2/c1-3-9-25-19-8-7-17(21)12-15(19)11-16(13-22)20(24)23-18-6-4-5-14(2)10-18/h4-8,10-12H,3,9H2,1-2H3,(H,23,24)/b16-11+. The predicted molar refractivity (Wildman–Crippen MR) is 101 cm³/mol. The normalized spacial score (nSPS) is 10.9. The van der Waals surface area contributed by atoms with Crippen molar-refractivity contribution in [2.24, 2.45) is 0 Å². The summed E-state index contributed by atoms with van der Waals surface area (Å²) in [5, 5.41) is 12.6. The second-order valence-electron chi connectivity index (χ2n) is 5.52. The highest BCUT2D eigenvalue weighted by atomic mass is 35.5. The summed E-state index contributed by atoms with van der Waals surface area (Å²) in [6.07, 6.45) is 2.34. The van der Waals surface area contributed by atoms with E-state index in [-0.39, 0.29) is 5.57 Å². The van der Waals surface area contributed by atoms with E-state index >= 15 is 0 Å². The lowest BCUT2D eigenvalue weighted by Gasteiger charge is -2.10. The molecule has 0 spiro atoms. The zero-order valence-corrected chi connectivity index (χ0v) is 14.9. The topological polar surface area (TPSA) is 62.1 Å². The molecule has 128 valence electrons. The minimum atomic E-state index is -0.477. The number of anilines is 1. The van der Waals surface area contributed by atoms with Crippen molar-refractivity contribution in [2.45, 2.75) is 20.3 Å². The van der Waals surface area contributed by atoms with Crippen LogP contribution in [0, 0.1) is 18.3 Å². The molecule has 0 unspecified atom stereocenters. The van der Waals surface area contributed by atoms with Gasteiger partial charge in [0.1, 0.15) is 17.4 Å². The number of nitrogens with zero attached hydrogens (tertiary/aromatic N) is 1. The Morgan fingerprint density at radius 3 is 2.80 bits per heavy atom. The van der Waals surface area contributed by atoms with Gasteiger partial charge >= 0.3 is 0 Å². The molecule has 0 aliphatic carbocycles. The first-order valence-corrected chi connectivity index (χ1v) is 8.33. The molecule has 2 aromatic carbocycles. The third kappa shape index (κ3) is 5.37. The van der Waals surface area contributed by atoms with Crippen LogP contribution < -0.4 is 10.1 Å². The van der Waals surface area contributed by atoms with E-state index in [1.807, 2.05) is 38.1 Å². The van der Waals surface area contributed by atoms with Crippen LogP contribution in [0.5, 0.6) is 5.75 Å². The van der Waals surface area contributed by atoms with Crippen LogP contribution in [0.1, 0.15) is 24.5 Å². The molecule has 4 nitrogen and oxygen atoms in total. The second-order valence-corrected chi connectivity index (χ2v) is 5.96. The van der Waals surface area contributed by atoms with Crippen LogP contribution in [-0.2, 0) is 4.79 Å². The van der Waals surface area contributed by atoms with Crippen LogP contribution in [0.15, 0.2) is 48.0 Å². The van der Waals surface area contributed by atoms with Gasteiger partial charge in [-0.1, -0.05) is 30.7 Å². The Labute approximate surface area is 152 Å². The molecule has 2 rings (SSSR count). The molecule has 1 N–H and O–H groups in total. The summed E-state index contributed by atoms with van der Waals surface area (Å²) in [5.41, 5.74) is 2.23. The molecule has 2 aromatic rings. The molecule has 0 atom stereocenters. The Hall–Kier alpha value is -2.77. The number of halogens is 1. The van der Waals surface area contributed by atoms with E-state index in [0.717, 1.165) is 12.0 Å². The number of nitrogens with one attached hydrogen (secondary N) is 1. The number of hydrogen-bond donors (Lipinski definition) is 1. The molecule has 1 amide bonds. The maximum atomic E-state index is 12.4. The van der Waals surface area contributed by atoms with Crippen LogP contribution in [0.4, 0.5) is 5.69 Å². The number of carbonyl (C=O) groups excluding carboxylic acids is 1. The molecular weight excluding hydrogens is 336 g/mol. The highest BCUT2D eigenvalue weighted by Crippen LogP contribution is 2.26. The Kier molecular flexibility index (Phi) is 6.62. The zero-order chi connectivity index (χ0) is 18.2. The summed E-state index contributed by atoms with van der Waals surface area (Å²) < 4.78 is 5.66. The van der Waals surface area contributed by atoms with E-state index in [4.69, 9.17) is 16.3 Å². The lowest BCUT2D eigenvalue weighted by molar-refractivity contribution is -0.112. The number of nitriles is 1. The lowest BCUT2D eigenvalue weighted by Crippen LogP contribution is -2.13. The monoisotopic (exact) mass is 354 g/mol. The summed E-state index contributed by atoms with van der Waals surface area (Å²) in [6.45, 7) is 4.47. The summed E-state index contributed by atoms with van der Waals surface area (Å²) in [7, 11) is 0. The van der Waals surface area contributed by atoms with E-state index < -0.39 is 5.91 Å². The van der Waals surface area contributed by atoms with Crippen molar-refractivity contribution < 1.29 is 9.53 Å². The van der Waals surface area contributed by atoms with Gasteiger partial charge < -0.3 is 10.1 Å². The minimum absolute atomic E-state index is 0.0230. The molecular formula is C20H19ClN2O2. The van der Waals surface area contributed by atoms with E-state index in [1.54, 1.807) is 24.3 Å². The van der Waals surface area contributed by atoms with Crippen LogP contribution in [-0.4, -0.2) is 12.5 Å². The van der Waals surface area contributed by atoms with Crippen molar-refractivity contribution in [3.05, 3.63) is 64.2 Å². The van der Waals surface area contributed by atoms with Gasteiger partial charge in [0.25, 0.3) is 5.91 Å². The van der Waals surface area contributed by atoms with Gasteiger partial charge in [-0.3, -0.25) is 4.79 Å². The maximum Gasteiger partial charge on any atom is 0.266 e. The third-order valence-electron chi connectivity index (χ3n) is 3.37. The van der Waals surface area contributed by atoms with Crippen LogP contribution in [0.2, 0.25) is 5.02 Å². The van der Waals surface area contributed by atoms with Crippen molar-refractivity contribution in [2.75, 3.05) is 11.9 Å². The SMILES string of the molecule is CCCOc1ccc(Cl)cc1/C=C(\C#N)C(=O)Nc1cccc(C)c1. The van der Waals surface area contributed by atoms with Gasteiger partial charge in [0.2, 0.25) is 0 Å². The third-order valence-corrected chi connectivity index (χ3v) is 3.61. The van der Waals surface area contributed by atoms with E-state index in [1.165, 1.54) is 6.08 Å². The number of aryl methyl sites for hydroxylation is 1. The van der Waals surface area contributed by atoms with Gasteiger partial charge in [0, 0.05) is 16.3 Å². The summed E-state index contributed by atoms with van der Waals surface area (Å²) in [4.78, 5) is 12.4. The fraction of sp³-hybridized carbons (Fsp3) is 0.200. The van der Waals surface area contributed by atoms with E-state index in [2.05, 4.69) is 5.32 Å². The first-order chi connectivity index (χ1) is 12.0. The molecule has 0 saturated heterocycles. The molecule has 0 fully saturated rings. The van der Waals surface area contributed by atoms with Gasteiger partial charge in [-0.15, -0.1) is 0 Å². The summed E-state index contributed by atoms with van der Waals surface area (Å²) in [6, 6.07) is 14.4. The molecule has 0 heterocycles. The van der Waals surface area contributed by atoms with Crippen molar-refractivity contribution >= 4 is 29.3 Å². The first kappa shape index (κ1) is 18.6. The summed E-state index contributed by atoms with van der Waals surface area (Å²) in [5.74, 6) is 0.108. The Balaban J connectivity index is 2.29. The maximum absolute atomic E-state index is 12.4. The first-order valence-electron chi connectivity index (χ1n) is 7.95. The quantitative estimate of drug-likeness (QED) is 0.587. The van der Waals surface area contributed by atoms with Gasteiger partial charge in [0.15, 0.2) is 0 Å². The van der Waals surface area contributed by atoms with Crippen LogP contribution in [0.25, 0.3) is 6.08 Å². The molecule has 0 bridgehead atoms. The molecule has 25 heavy (non-hydrogen) atoms. The summed E-state index contributed by atoms with van der Waals surface area (Å²) >= 11 is 6.04. The van der Waals surface area contributed by atoms with E-state index in [9.17, 15) is 10.1 Å². The Bertz CT molecular complexity index is 838.